The first-order valence-corrected chi connectivity index (χ1v) is 10.8. The number of carbonyl (C=O) groups excluding carboxylic acids is 1. The molecule has 2 unspecified atom stereocenters. The topological polar surface area (TPSA) is 81.3 Å². The molecule has 0 spiro atoms. The second-order valence-electron chi connectivity index (χ2n) is 7.87. The van der Waals surface area contributed by atoms with Crippen LogP contribution >= 0.6 is 0 Å². The molecule has 30 heavy (non-hydrogen) atoms. The van der Waals surface area contributed by atoms with Crippen molar-refractivity contribution in [2.24, 2.45) is 4.99 Å². The van der Waals surface area contributed by atoms with E-state index >= 15 is 0 Å². The second kappa shape index (κ2) is 9.34. The van der Waals surface area contributed by atoms with Gasteiger partial charge in [0.25, 0.3) is 0 Å². The number of guanidine groups is 1. The molecule has 4 rings (SSSR count). The Bertz CT molecular complexity index is 880. The summed E-state index contributed by atoms with van der Waals surface area (Å²) >= 11 is 0. The first-order valence-electron chi connectivity index (χ1n) is 10.8. The van der Waals surface area contributed by atoms with Crippen LogP contribution in [0.15, 0.2) is 52.1 Å². The average Bonchev–Trinajstić information content (AvgIpc) is 3.50. The molecule has 2 aromatic rings. The van der Waals surface area contributed by atoms with Crippen LogP contribution in [0.25, 0.3) is 0 Å². The number of carbonyl (C=O) groups is 1. The maximum absolute atomic E-state index is 12.0. The second-order valence-corrected chi connectivity index (χ2v) is 7.87. The minimum absolute atomic E-state index is 0.224. The number of aliphatic imine (C=N–C) groups is 1. The van der Waals surface area contributed by atoms with Gasteiger partial charge < -0.3 is 24.6 Å². The number of amides is 1. The fourth-order valence-corrected chi connectivity index (χ4v) is 4.33. The molecule has 1 aromatic carbocycles. The maximum Gasteiger partial charge on any atom is 0.222 e. The molecule has 0 saturated carbocycles. The van der Waals surface area contributed by atoms with Gasteiger partial charge in [0.05, 0.1) is 12.8 Å². The highest BCUT2D eigenvalue weighted by Crippen LogP contribution is 2.38. The number of aliphatic hydroxyl groups is 1. The van der Waals surface area contributed by atoms with Crippen LogP contribution in [-0.2, 0) is 4.79 Å². The van der Waals surface area contributed by atoms with Gasteiger partial charge in [-0.15, -0.1) is 0 Å². The van der Waals surface area contributed by atoms with Gasteiger partial charge in [-0.05, 0) is 43.5 Å². The van der Waals surface area contributed by atoms with E-state index in [1.165, 1.54) is 5.56 Å². The van der Waals surface area contributed by atoms with Gasteiger partial charge in [0.2, 0.25) is 5.91 Å². The number of aliphatic hydroxyl groups excluding tert-OH is 1. The van der Waals surface area contributed by atoms with Crippen LogP contribution < -0.4 is 10.2 Å². The lowest BCUT2D eigenvalue weighted by molar-refractivity contribution is -0.127. The van der Waals surface area contributed by atoms with Crippen LogP contribution in [0.2, 0.25) is 0 Å². The quantitative estimate of drug-likeness (QED) is 0.542. The lowest BCUT2D eigenvalue weighted by Gasteiger charge is -2.23. The molecule has 2 atom stereocenters. The summed E-state index contributed by atoms with van der Waals surface area (Å²) in [5.74, 6) is 1.90. The highest BCUT2D eigenvalue weighted by Gasteiger charge is 2.32. The lowest BCUT2D eigenvalue weighted by atomic mass is 9.98. The van der Waals surface area contributed by atoms with Crippen LogP contribution in [0.4, 0.5) is 5.69 Å². The number of nitrogens with one attached hydrogen (secondary N) is 1. The molecule has 1 amide bonds. The van der Waals surface area contributed by atoms with E-state index in [0.29, 0.717) is 18.1 Å². The van der Waals surface area contributed by atoms with E-state index in [1.807, 2.05) is 17.9 Å². The van der Waals surface area contributed by atoms with Crippen LogP contribution in [0.3, 0.4) is 0 Å². The summed E-state index contributed by atoms with van der Waals surface area (Å²) < 4.78 is 5.29. The Morgan fingerprint density at radius 3 is 2.93 bits per heavy atom. The zero-order valence-electron chi connectivity index (χ0n) is 17.5. The van der Waals surface area contributed by atoms with Crippen molar-refractivity contribution in [3.63, 3.8) is 0 Å². The number of hydrogen-bond acceptors (Lipinski definition) is 4. The zero-order valence-corrected chi connectivity index (χ0v) is 17.5. The molecule has 0 aliphatic carbocycles. The maximum atomic E-state index is 12.0. The van der Waals surface area contributed by atoms with E-state index in [-0.39, 0.29) is 12.5 Å². The molecule has 1 saturated heterocycles. The first-order chi connectivity index (χ1) is 14.7. The third-order valence-electron chi connectivity index (χ3n) is 5.87. The number of nitrogens with zero attached hydrogens (tertiary/aromatic N) is 3. The number of furan rings is 1. The summed E-state index contributed by atoms with van der Waals surface area (Å²) in [4.78, 5) is 20.9. The van der Waals surface area contributed by atoms with Crippen molar-refractivity contribution < 1.29 is 14.3 Å². The predicted octanol–water partition coefficient (Wildman–Crippen LogP) is 2.89. The fraction of sp³-hybridized carbons (Fsp3) is 0.478. The molecule has 1 fully saturated rings. The molecule has 7 heteroatoms. The van der Waals surface area contributed by atoms with Crippen molar-refractivity contribution in [2.75, 3.05) is 37.6 Å². The van der Waals surface area contributed by atoms with Crippen LogP contribution in [0, 0.1) is 0 Å². The first kappa shape index (κ1) is 20.5. The van der Waals surface area contributed by atoms with Crippen molar-refractivity contribution in [1.29, 1.82) is 0 Å². The Kier molecular flexibility index (Phi) is 6.38. The molecular formula is C23H30N4O3. The Balaban J connectivity index is 1.49. The Labute approximate surface area is 177 Å². The Morgan fingerprint density at radius 2 is 2.20 bits per heavy atom. The minimum atomic E-state index is -0.775. The van der Waals surface area contributed by atoms with E-state index in [0.717, 1.165) is 50.7 Å². The highest BCUT2D eigenvalue weighted by atomic mass is 16.4. The van der Waals surface area contributed by atoms with E-state index in [9.17, 15) is 9.90 Å². The van der Waals surface area contributed by atoms with Crippen LogP contribution in [-0.4, -0.2) is 54.6 Å². The van der Waals surface area contributed by atoms with Gasteiger partial charge in [-0.2, -0.15) is 0 Å². The predicted molar refractivity (Wildman–Crippen MR) is 117 cm³/mol. The van der Waals surface area contributed by atoms with Crippen LogP contribution in [0.5, 0.6) is 0 Å². The third-order valence-corrected chi connectivity index (χ3v) is 5.87. The average molecular weight is 411 g/mol. The van der Waals surface area contributed by atoms with Gasteiger partial charge in [-0.25, -0.2) is 4.99 Å². The van der Waals surface area contributed by atoms with Crippen LogP contribution in [0.1, 0.15) is 49.5 Å². The molecule has 2 aliphatic rings. The normalized spacial score (nSPS) is 20.0. The summed E-state index contributed by atoms with van der Waals surface area (Å²) in [5.41, 5.74) is 2.43. The highest BCUT2D eigenvalue weighted by molar-refractivity contribution is 5.98. The molecule has 160 valence electrons. The summed E-state index contributed by atoms with van der Waals surface area (Å²) in [7, 11) is 0. The van der Waals surface area contributed by atoms with Gasteiger partial charge in [0, 0.05) is 44.2 Å². The number of benzene rings is 1. The van der Waals surface area contributed by atoms with E-state index in [4.69, 9.17) is 9.41 Å². The van der Waals surface area contributed by atoms with Crippen molar-refractivity contribution in [1.82, 2.24) is 10.2 Å². The smallest absolute Gasteiger partial charge is 0.222 e. The monoisotopic (exact) mass is 410 g/mol. The van der Waals surface area contributed by atoms with Gasteiger partial charge in [-0.1, -0.05) is 18.2 Å². The van der Waals surface area contributed by atoms with Crippen molar-refractivity contribution in [3.05, 3.63) is 54.0 Å². The largest absolute Gasteiger partial charge is 0.467 e. The standard InChI is InChI=1S/C23H30N4O3/c1-2-24-23(25-15-20(28)21-9-6-14-30-21)27-16-17(18-7-3-4-8-19(18)27)11-13-26-12-5-10-22(26)29/h3-4,6-9,14,17,20,28H,2,5,10-13,15-16H2,1H3,(H,24,25). The molecule has 7 nitrogen and oxygen atoms in total. The van der Waals surface area contributed by atoms with Crippen molar-refractivity contribution >= 4 is 17.6 Å². The fourth-order valence-electron chi connectivity index (χ4n) is 4.33. The van der Waals surface area contributed by atoms with E-state index in [2.05, 4.69) is 28.4 Å². The van der Waals surface area contributed by atoms with E-state index in [1.54, 1.807) is 18.4 Å². The number of hydrogen-bond donors (Lipinski definition) is 2. The molecule has 2 aliphatic heterocycles. The Hall–Kier alpha value is -2.80. The molecule has 2 N–H and O–H groups in total. The molecule has 3 heterocycles. The zero-order chi connectivity index (χ0) is 20.9. The SMILES string of the molecule is CCNC(=NCC(O)c1ccco1)N1CC(CCN2CCCC2=O)c2ccccc21. The van der Waals surface area contributed by atoms with Gasteiger partial charge >= 0.3 is 0 Å². The van der Waals surface area contributed by atoms with Gasteiger partial charge in [0.1, 0.15) is 11.9 Å². The summed E-state index contributed by atoms with van der Waals surface area (Å²) in [6.45, 7) is 5.49. The summed E-state index contributed by atoms with van der Waals surface area (Å²) in [6.07, 6.45) is 3.38. The lowest BCUT2D eigenvalue weighted by Crippen LogP contribution is -2.41. The van der Waals surface area contributed by atoms with Crippen molar-refractivity contribution in [3.8, 4) is 0 Å². The number of fused-ring (bicyclic) bond motifs is 1. The molecule has 0 bridgehead atoms. The number of rotatable bonds is 7. The Morgan fingerprint density at radius 1 is 1.33 bits per heavy atom. The molecule has 0 radical (unpaired) electrons. The van der Waals surface area contributed by atoms with Crippen molar-refractivity contribution in [2.45, 2.75) is 38.2 Å². The summed E-state index contributed by atoms with van der Waals surface area (Å²) in [6, 6.07) is 11.9. The number of para-hydroxylation sites is 1. The molecular weight excluding hydrogens is 380 g/mol. The summed E-state index contributed by atoms with van der Waals surface area (Å²) in [5, 5.41) is 13.7. The van der Waals surface area contributed by atoms with E-state index < -0.39 is 6.10 Å². The number of anilines is 1. The molecule has 1 aromatic heterocycles. The third kappa shape index (κ3) is 4.36. The van der Waals surface area contributed by atoms with Gasteiger partial charge in [0.15, 0.2) is 5.96 Å². The minimum Gasteiger partial charge on any atom is -0.467 e. The number of likely N-dealkylation sites (tertiary alicyclic amines) is 1. The van der Waals surface area contributed by atoms with Gasteiger partial charge in [-0.3, -0.25) is 4.79 Å².